The fourth-order valence-electron chi connectivity index (χ4n) is 4.07. The Kier molecular flexibility index (Phi) is 7.49. The summed E-state index contributed by atoms with van der Waals surface area (Å²) < 4.78 is 0. The third kappa shape index (κ3) is 6.23. The first-order chi connectivity index (χ1) is 13.2. The third-order valence-electron chi connectivity index (χ3n) is 5.56. The van der Waals surface area contributed by atoms with E-state index in [0.29, 0.717) is 6.42 Å². The predicted molar refractivity (Wildman–Crippen MR) is 108 cm³/mol. The zero-order valence-corrected chi connectivity index (χ0v) is 16.5. The SMILES string of the molecule is CC(=O)CC(CCCCCCc1ccc2c(n1)CCCC2)c1cncnc1. The molecule has 2 aromatic rings. The van der Waals surface area contributed by atoms with Gasteiger partial charge in [-0.2, -0.15) is 0 Å². The fourth-order valence-corrected chi connectivity index (χ4v) is 4.07. The maximum Gasteiger partial charge on any atom is 0.130 e. The lowest BCUT2D eigenvalue weighted by Crippen LogP contribution is -2.07. The molecule has 27 heavy (non-hydrogen) atoms. The zero-order valence-electron chi connectivity index (χ0n) is 16.5. The molecule has 0 radical (unpaired) electrons. The highest BCUT2D eigenvalue weighted by atomic mass is 16.1. The average molecular weight is 366 g/mol. The zero-order chi connectivity index (χ0) is 18.9. The predicted octanol–water partition coefficient (Wildman–Crippen LogP) is 5.01. The molecule has 0 saturated heterocycles. The molecule has 3 rings (SSSR count). The van der Waals surface area contributed by atoms with E-state index in [0.717, 1.165) is 31.2 Å². The Labute approximate surface area is 162 Å². The van der Waals surface area contributed by atoms with Crippen LogP contribution in [-0.2, 0) is 24.1 Å². The van der Waals surface area contributed by atoms with E-state index in [1.807, 2.05) is 12.4 Å². The van der Waals surface area contributed by atoms with Gasteiger partial charge in [-0.15, -0.1) is 0 Å². The minimum absolute atomic E-state index is 0.238. The Hall–Kier alpha value is -2.10. The number of hydrogen-bond acceptors (Lipinski definition) is 4. The lowest BCUT2D eigenvalue weighted by molar-refractivity contribution is -0.117. The maximum atomic E-state index is 11.6. The number of carbonyl (C=O) groups is 1. The lowest BCUT2D eigenvalue weighted by atomic mass is 9.90. The minimum atomic E-state index is 0.238. The Morgan fingerprint density at radius 2 is 1.81 bits per heavy atom. The maximum absolute atomic E-state index is 11.6. The fraction of sp³-hybridized carbons (Fsp3) is 0.565. The van der Waals surface area contributed by atoms with Gasteiger partial charge in [-0.05, 0) is 75.0 Å². The molecular formula is C23H31N3O. The van der Waals surface area contributed by atoms with E-state index in [9.17, 15) is 4.79 Å². The summed E-state index contributed by atoms with van der Waals surface area (Å²) >= 11 is 0. The third-order valence-corrected chi connectivity index (χ3v) is 5.56. The number of hydrogen-bond donors (Lipinski definition) is 0. The molecule has 0 amide bonds. The van der Waals surface area contributed by atoms with Crippen LogP contribution in [0.5, 0.6) is 0 Å². The normalized spacial score (nSPS) is 14.6. The first-order valence-corrected chi connectivity index (χ1v) is 10.4. The van der Waals surface area contributed by atoms with E-state index in [1.165, 1.54) is 55.5 Å². The number of ketones is 1. The molecule has 144 valence electrons. The number of aromatic nitrogens is 3. The van der Waals surface area contributed by atoms with E-state index in [2.05, 4.69) is 22.1 Å². The van der Waals surface area contributed by atoms with Gasteiger partial charge in [-0.1, -0.05) is 25.3 Å². The van der Waals surface area contributed by atoms with E-state index < -0.39 is 0 Å². The molecule has 1 unspecified atom stereocenters. The van der Waals surface area contributed by atoms with Crippen molar-refractivity contribution >= 4 is 5.78 Å². The lowest BCUT2D eigenvalue weighted by Gasteiger charge is -2.16. The molecule has 0 saturated carbocycles. The van der Waals surface area contributed by atoms with Crippen molar-refractivity contribution in [2.24, 2.45) is 0 Å². The van der Waals surface area contributed by atoms with Crippen LogP contribution < -0.4 is 0 Å². The number of carbonyl (C=O) groups excluding carboxylic acids is 1. The van der Waals surface area contributed by atoms with Crippen molar-refractivity contribution < 1.29 is 4.79 Å². The second-order valence-corrected chi connectivity index (χ2v) is 7.84. The van der Waals surface area contributed by atoms with Crippen molar-refractivity contribution in [2.45, 2.75) is 83.5 Å². The first kappa shape index (κ1) is 19.7. The van der Waals surface area contributed by atoms with Gasteiger partial charge in [0.2, 0.25) is 0 Å². The average Bonchev–Trinajstić information content (AvgIpc) is 2.70. The number of rotatable bonds is 10. The van der Waals surface area contributed by atoms with Gasteiger partial charge in [0.15, 0.2) is 0 Å². The summed E-state index contributed by atoms with van der Waals surface area (Å²) in [7, 11) is 0. The van der Waals surface area contributed by atoms with Crippen molar-refractivity contribution in [3.63, 3.8) is 0 Å². The second-order valence-electron chi connectivity index (χ2n) is 7.84. The number of nitrogens with zero attached hydrogens (tertiary/aromatic N) is 3. The number of unbranched alkanes of at least 4 members (excludes halogenated alkanes) is 3. The molecule has 4 heteroatoms. The minimum Gasteiger partial charge on any atom is -0.300 e. The van der Waals surface area contributed by atoms with Crippen LogP contribution in [0.2, 0.25) is 0 Å². The van der Waals surface area contributed by atoms with Crippen molar-refractivity contribution in [1.29, 1.82) is 0 Å². The molecule has 0 aliphatic heterocycles. The van der Waals surface area contributed by atoms with Gasteiger partial charge in [0, 0.05) is 30.2 Å². The molecule has 0 N–H and O–H groups in total. The van der Waals surface area contributed by atoms with Crippen LogP contribution in [0.1, 0.15) is 86.7 Å². The van der Waals surface area contributed by atoms with Crippen LogP contribution in [0.4, 0.5) is 0 Å². The summed E-state index contributed by atoms with van der Waals surface area (Å²) in [6.45, 7) is 1.67. The van der Waals surface area contributed by atoms with Crippen LogP contribution >= 0.6 is 0 Å². The van der Waals surface area contributed by atoms with E-state index in [-0.39, 0.29) is 11.7 Å². The molecule has 1 atom stereocenters. The molecule has 2 aromatic heterocycles. The highest BCUT2D eigenvalue weighted by Gasteiger charge is 2.14. The first-order valence-electron chi connectivity index (χ1n) is 10.4. The highest BCUT2D eigenvalue weighted by Crippen LogP contribution is 2.25. The van der Waals surface area contributed by atoms with Gasteiger partial charge in [-0.3, -0.25) is 4.98 Å². The molecule has 4 nitrogen and oxygen atoms in total. The summed E-state index contributed by atoms with van der Waals surface area (Å²) in [6, 6.07) is 4.52. The van der Waals surface area contributed by atoms with Crippen molar-refractivity contribution in [2.75, 3.05) is 0 Å². The monoisotopic (exact) mass is 365 g/mol. The topological polar surface area (TPSA) is 55.7 Å². The molecule has 0 fully saturated rings. The molecule has 0 bridgehead atoms. The van der Waals surface area contributed by atoms with Crippen LogP contribution in [0.15, 0.2) is 30.9 Å². The van der Waals surface area contributed by atoms with Crippen LogP contribution in [-0.4, -0.2) is 20.7 Å². The van der Waals surface area contributed by atoms with E-state index in [4.69, 9.17) is 4.98 Å². The number of fused-ring (bicyclic) bond motifs is 1. The Bertz CT molecular complexity index is 730. The van der Waals surface area contributed by atoms with Gasteiger partial charge < -0.3 is 4.79 Å². The van der Waals surface area contributed by atoms with Crippen molar-refractivity contribution in [3.8, 4) is 0 Å². The quantitative estimate of drug-likeness (QED) is 0.556. The largest absolute Gasteiger partial charge is 0.300 e. The summed E-state index contributed by atoms with van der Waals surface area (Å²) in [5.41, 5.74) is 5.15. The molecular weight excluding hydrogens is 334 g/mol. The summed E-state index contributed by atoms with van der Waals surface area (Å²) in [5, 5.41) is 0. The number of aryl methyl sites for hydroxylation is 3. The van der Waals surface area contributed by atoms with E-state index >= 15 is 0 Å². The van der Waals surface area contributed by atoms with Gasteiger partial charge >= 0.3 is 0 Å². The number of pyridine rings is 1. The smallest absolute Gasteiger partial charge is 0.130 e. The van der Waals surface area contributed by atoms with Crippen molar-refractivity contribution in [3.05, 3.63) is 53.4 Å². The van der Waals surface area contributed by atoms with Crippen LogP contribution in [0.25, 0.3) is 0 Å². The van der Waals surface area contributed by atoms with Gasteiger partial charge in [0.05, 0.1) is 0 Å². The summed E-state index contributed by atoms with van der Waals surface area (Å²) in [4.78, 5) is 24.7. The van der Waals surface area contributed by atoms with Gasteiger partial charge in [0.25, 0.3) is 0 Å². The standard InChI is InChI=1S/C23H31N3O/c1-18(27)14-20(21-15-24-17-25-16-21)9-4-2-3-5-10-22-13-12-19-8-6-7-11-23(19)26-22/h12-13,15-17,20H,2-11,14H2,1H3. The highest BCUT2D eigenvalue weighted by molar-refractivity contribution is 5.76. The molecule has 1 aliphatic rings. The van der Waals surface area contributed by atoms with Gasteiger partial charge in [-0.25, -0.2) is 9.97 Å². The van der Waals surface area contributed by atoms with E-state index in [1.54, 1.807) is 13.3 Å². The van der Waals surface area contributed by atoms with Gasteiger partial charge in [0.1, 0.15) is 12.1 Å². The Morgan fingerprint density at radius 3 is 2.63 bits per heavy atom. The second kappa shape index (κ2) is 10.3. The summed E-state index contributed by atoms with van der Waals surface area (Å²) in [6.07, 6.45) is 17.7. The number of Topliss-reactive ketones (excluding diaryl/α,β-unsaturated/α-hetero) is 1. The Morgan fingerprint density at radius 1 is 1.04 bits per heavy atom. The summed E-state index contributed by atoms with van der Waals surface area (Å²) in [5.74, 6) is 0.494. The van der Waals surface area contributed by atoms with Crippen LogP contribution in [0.3, 0.4) is 0 Å². The van der Waals surface area contributed by atoms with Crippen molar-refractivity contribution in [1.82, 2.24) is 15.0 Å². The molecule has 0 aromatic carbocycles. The molecule has 0 spiro atoms. The Balaban J connectivity index is 1.38. The molecule has 2 heterocycles. The molecule has 1 aliphatic carbocycles. The van der Waals surface area contributed by atoms with Crippen LogP contribution in [0, 0.1) is 0 Å².